The molecule has 2 amide bonds. The van der Waals surface area contributed by atoms with Crippen molar-refractivity contribution >= 4 is 11.8 Å². The van der Waals surface area contributed by atoms with Crippen molar-refractivity contribution in [3.8, 4) is 0 Å². The molecule has 0 aromatic heterocycles. The van der Waals surface area contributed by atoms with Crippen molar-refractivity contribution in [3.05, 3.63) is 106 Å². The van der Waals surface area contributed by atoms with Crippen LogP contribution in [0, 0.1) is 5.82 Å². The molecule has 0 radical (unpaired) electrons. The molecule has 1 aliphatic rings. The monoisotopic (exact) mass is 388 g/mol. The van der Waals surface area contributed by atoms with Crippen LogP contribution in [0.25, 0.3) is 0 Å². The molecule has 0 saturated heterocycles. The van der Waals surface area contributed by atoms with Crippen LogP contribution in [-0.2, 0) is 13.0 Å². The number of hydrogen-bond donors (Lipinski definition) is 1. The van der Waals surface area contributed by atoms with Gasteiger partial charge in [-0.05, 0) is 53.8 Å². The largest absolute Gasteiger partial charge is 0.366 e. The highest BCUT2D eigenvalue weighted by atomic mass is 19.1. The number of halogens is 1. The summed E-state index contributed by atoms with van der Waals surface area (Å²) in [7, 11) is 0. The topological polar surface area (TPSA) is 63.4 Å². The van der Waals surface area contributed by atoms with Gasteiger partial charge in [0, 0.05) is 17.7 Å². The lowest BCUT2D eigenvalue weighted by Crippen LogP contribution is -2.34. The van der Waals surface area contributed by atoms with E-state index >= 15 is 0 Å². The average Bonchev–Trinajstić information content (AvgIpc) is 3.17. The number of amides is 2. The molecule has 0 spiro atoms. The summed E-state index contributed by atoms with van der Waals surface area (Å²) in [4.78, 5) is 27.0. The second-order valence-electron chi connectivity index (χ2n) is 7.18. The highest BCUT2D eigenvalue weighted by Crippen LogP contribution is 2.38. The standard InChI is InChI=1S/C24H21FN2O2/c25-21-12-6-11-20-19(21)13-14-22(20)27(24(29)16-7-2-1-3-8-16)15-17-9-4-5-10-18(17)23(26)28/h1-12,22H,13-15H2,(H2,26,28)/t22-/m1/s1. The highest BCUT2D eigenvalue weighted by molar-refractivity contribution is 5.96. The molecule has 0 bridgehead atoms. The summed E-state index contributed by atoms with van der Waals surface area (Å²) >= 11 is 0. The fourth-order valence-electron chi connectivity index (χ4n) is 4.06. The quantitative estimate of drug-likeness (QED) is 0.710. The molecule has 146 valence electrons. The lowest BCUT2D eigenvalue weighted by molar-refractivity contribution is 0.0656. The van der Waals surface area contributed by atoms with Crippen molar-refractivity contribution < 1.29 is 14.0 Å². The predicted octanol–water partition coefficient (Wildman–Crippen LogP) is 4.25. The molecule has 2 N–H and O–H groups in total. The first kappa shape index (κ1) is 18.9. The molecular formula is C24H21FN2O2. The third-order valence-electron chi connectivity index (χ3n) is 5.46. The van der Waals surface area contributed by atoms with Crippen molar-refractivity contribution in [1.29, 1.82) is 0 Å². The Labute approximate surface area is 168 Å². The second-order valence-corrected chi connectivity index (χ2v) is 7.18. The maximum absolute atomic E-state index is 14.3. The van der Waals surface area contributed by atoms with Crippen LogP contribution in [0.2, 0.25) is 0 Å². The van der Waals surface area contributed by atoms with E-state index in [9.17, 15) is 14.0 Å². The van der Waals surface area contributed by atoms with E-state index in [1.54, 1.807) is 41.3 Å². The minimum Gasteiger partial charge on any atom is -0.366 e. The molecule has 4 nitrogen and oxygen atoms in total. The van der Waals surface area contributed by atoms with Gasteiger partial charge < -0.3 is 10.6 Å². The van der Waals surface area contributed by atoms with Gasteiger partial charge in [0.1, 0.15) is 5.82 Å². The predicted molar refractivity (Wildman–Crippen MR) is 109 cm³/mol. The number of fused-ring (bicyclic) bond motifs is 1. The molecule has 1 aliphatic carbocycles. The number of carbonyl (C=O) groups is 2. The normalized spacial score (nSPS) is 15.0. The minimum absolute atomic E-state index is 0.160. The van der Waals surface area contributed by atoms with Gasteiger partial charge in [-0.15, -0.1) is 0 Å². The molecule has 0 saturated carbocycles. The molecule has 0 fully saturated rings. The van der Waals surface area contributed by atoms with E-state index in [2.05, 4.69) is 0 Å². The molecule has 0 aliphatic heterocycles. The van der Waals surface area contributed by atoms with Crippen molar-refractivity contribution in [1.82, 2.24) is 4.90 Å². The van der Waals surface area contributed by atoms with Crippen molar-refractivity contribution in [3.63, 3.8) is 0 Å². The molecule has 0 unspecified atom stereocenters. The van der Waals surface area contributed by atoms with E-state index in [0.29, 0.717) is 35.1 Å². The number of benzene rings is 3. The fraction of sp³-hybridized carbons (Fsp3) is 0.167. The molecule has 3 aromatic carbocycles. The highest BCUT2D eigenvalue weighted by Gasteiger charge is 2.33. The van der Waals surface area contributed by atoms with Crippen LogP contribution in [-0.4, -0.2) is 16.7 Å². The van der Waals surface area contributed by atoms with Crippen molar-refractivity contribution in [2.45, 2.75) is 25.4 Å². The van der Waals surface area contributed by atoms with E-state index < -0.39 is 5.91 Å². The first-order valence-electron chi connectivity index (χ1n) is 9.57. The summed E-state index contributed by atoms with van der Waals surface area (Å²) in [6.07, 6.45) is 1.20. The Kier molecular flexibility index (Phi) is 5.12. The zero-order valence-corrected chi connectivity index (χ0v) is 15.8. The summed E-state index contributed by atoms with van der Waals surface area (Å²) in [5, 5.41) is 0. The number of rotatable bonds is 5. The number of carbonyl (C=O) groups excluding carboxylic acids is 2. The summed E-state index contributed by atoms with van der Waals surface area (Å²) in [6, 6.07) is 20.7. The SMILES string of the molecule is NC(=O)c1ccccc1CN(C(=O)c1ccccc1)[C@@H]1CCc2c(F)cccc21. The van der Waals surface area contributed by atoms with Gasteiger partial charge in [-0.2, -0.15) is 0 Å². The first-order chi connectivity index (χ1) is 14.1. The first-order valence-corrected chi connectivity index (χ1v) is 9.57. The van der Waals surface area contributed by atoms with E-state index in [4.69, 9.17) is 5.73 Å². The zero-order chi connectivity index (χ0) is 20.4. The van der Waals surface area contributed by atoms with Crippen molar-refractivity contribution in [2.75, 3.05) is 0 Å². The number of nitrogens with two attached hydrogens (primary N) is 1. The Hall–Kier alpha value is -3.47. The van der Waals surface area contributed by atoms with Crippen LogP contribution >= 0.6 is 0 Å². The molecule has 3 aromatic rings. The number of primary amides is 1. The zero-order valence-electron chi connectivity index (χ0n) is 15.8. The van der Waals surface area contributed by atoms with Gasteiger partial charge >= 0.3 is 0 Å². The van der Waals surface area contributed by atoms with Crippen LogP contribution < -0.4 is 5.73 Å². The van der Waals surface area contributed by atoms with Gasteiger partial charge in [0.15, 0.2) is 0 Å². The van der Waals surface area contributed by atoms with Gasteiger partial charge in [0.25, 0.3) is 5.91 Å². The van der Waals surface area contributed by atoms with Gasteiger partial charge in [-0.25, -0.2) is 4.39 Å². The van der Waals surface area contributed by atoms with E-state index in [1.807, 2.05) is 30.3 Å². The Morgan fingerprint density at radius 1 is 0.966 bits per heavy atom. The Morgan fingerprint density at radius 3 is 2.45 bits per heavy atom. The maximum Gasteiger partial charge on any atom is 0.254 e. The van der Waals surface area contributed by atoms with E-state index in [-0.39, 0.29) is 24.3 Å². The minimum atomic E-state index is -0.537. The summed E-state index contributed by atoms with van der Waals surface area (Å²) in [6.45, 7) is 0.216. The third kappa shape index (κ3) is 3.63. The Bertz CT molecular complexity index is 1070. The lowest BCUT2D eigenvalue weighted by Gasteiger charge is -2.30. The number of hydrogen-bond acceptors (Lipinski definition) is 2. The average molecular weight is 388 g/mol. The summed E-state index contributed by atoms with van der Waals surface area (Å²) in [5.74, 6) is -0.938. The van der Waals surface area contributed by atoms with Crippen LogP contribution in [0.4, 0.5) is 4.39 Å². The van der Waals surface area contributed by atoms with Crippen LogP contribution in [0.5, 0.6) is 0 Å². The van der Waals surface area contributed by atoms with Gasteiger partial charge in [0.05, 0.1) is 6.04 Å². The Balaban J connectivity index is 1.77. The van der Waals surface area contributed by atoms with Crippen LogP contribution in [0.1, 0.15) is 49.9 Å². The Morgan fingerprint density at radius 2 is 1.69 bits per heavy atom. The van der Waals surface area contributed by atoms with Crippen molar-refractivity contribution in [2.24, 2.45) is 5.73 Å². The summed E-state index contributed by atoms with van der Waals surface area (Å²) in [5.41, 5.74) is 8.63. The molecule has 29 heavy (non-hydrogen) atoms. The summed E-state index contributed by atoms with van der Waals surface area (Å²) < 4.78 is 14.3. The maximum atomic E-state index is 14.3. The molecule has 5 heteroatoms. The third-order valence-corrected chi connectivity index (χ3v) is 5.46. The molecule has 4 rings (SSSR count). The lowest BCUT2D eigenvalue weighted by atomic mass is 10.0. The van der Waals surface area contributed by atoms with Gasteiger partial charge in [-0.3, -0.25) is 9.59 Å². The van der Waals surface area contributed by atoms with E-state index in [0.717, 1.165) is 5.56 Å². The van der Waals surface area contributed by atoms with E-state index in [1.165, 1.54) is 6.07 Å². The fourth-order valence-corrected chi connectivity index (χ4v) is 4.06. The van der Waals surface area contributed by atoms with Gasteiger partial charge in [-0.1, -0.05) is 48.5 Å². The number of nitrogens with zero attached hydrogens (tertiary/aromatic N) is 1. The smallest absolute Gasteiger partial charge is 0.254 e. The van der Waals surface area contributed by atoms with Gasteiger partial charge in [0.2, 0.25) is 5.91 Å². The van der Waals surface area contributed by atoms with Crippen LogP contribution in [0.15, 0.2) is 72.8 Å². The second kappa shape index (κ2) is 7.87. The molecule has 1 atom stereocenters. The molecular weight excluding hydrogens is 367 g/mol. The van der Waals surface area contributed by atoms with Crippen LogP contribution in [0.3, 0.4) is 0 Å². The molecule has 0 heterocycles.